The second-order valence-corrected chi connectivity index (χ2v) is 10.8. The van der Waals surface area contributed by atoms with Crippen LogP contribution in [-0.2, 0) is 28.9 Å². The van der Waals surface area contributed by atoms with Crippen LogP contribution in [-0.4, -0.2) is 39.5 Å². The monoisotopic (exact) mass is 490 g/mol. The Balaban J connectivity index is 1.48. The number of carbonyl (C=O) groups is 2. The molecule has 1 N–H and O–H groups in total. The van der Waals surface area contributed by atoms with Crippen LogP contribution in [0.1, 0.15) is 51.9 Å². The Hall–Kier alpha value is -2.17. The summed E-state index contributed by atoms with van der Waals surface area (Å²) in [5.41, 5.74) is 2.62. The van der Waals surface area contributed by atoms with Gasteiger partial charge in [-0.1, -0.05) is 18.2 Å². The summed E-state index contributed by atoms with van der Waals surface area (Å²) in [6, 6.07) is 2.09. The van der Waals surface area contributed by atoms with Gasteiger partial charge in [0.1, 0.15) is 5.00 Å². The maximum atomic E-state index is 12.8. The first kappa shape index (κ1) is 23.0. The number of thioether (sulfide) groups is 1. The molecule has 3 aromatic rings. The number of nitrogens with zero attached hydrogens (tertiary/aromatic N) is 3. The molecular weight excluding hydrogens is 464 g/mol. The van der Waals surface area contributed by atoms with Crippen LogP contribution in [0.5, 0.6) is 0 Å². The fourth-order valence-electron chi connectivity index (χ4n) is 3.90. The number of methoxy groups -OCH3 is 1. The minimum atomic E-state index is -0.381. The number of esters is 1. The molecule has 0 saturated carbocycles. The van der Waals surface area contributed by atoms with Crippen LogP contribution in [0.4, 0.5) is 5.00 Å². The number of nitrogens with one attached hydrogen (secondary N) is 1. The molecular formula is C22H26N4O3S3. The van der Waals surface area contributed by atoms with Crippen molar-refractivity contribution in [3.8, 4) is 11.4 Å². The van der Waals surface area contributed by atoms with E-state index >= 15 is 0 Å². The third-order valence-electron chi connectivity index (χ3n) is 5.42. The maximum Gasteiger partial charge on any atom is 0.341 e. The first-order valence-corrected chi connectivity index (χ1v) is 13.3. The van der Waals surface area contributed by atoms with E-state index in [9.17, 15) is 9.59 Å². The van der Waals surface area contributed by atoms with Gasteiger partial charge in [-0.05, 0) is 51.2 Å². The quantitative estimate of drug-likeness (QED) is 0.279. The van der Waals surface area contributed by atoms with Gasteiger partial charge < -0.3 is 14.6 Å². The molecule has 7 nitrogen and oxygen atoms in total. The molecule has 0 saturated heterocycles. The Morgan fingerprint density at radius 1 is 1.25 bits per heavy atom. The van der Waals surface area contributed by atoms with Gasteiger partial charge in [0.05, 0.1) is 18.4 Å². The molecule has 0 radical (unpaired) electrons. The van der Waals surface area contributed by atoms with Crippen LogP contribution >= 0.6 is 34.4 Å². The van der Waals surface area contributed by atoms with Gasteiger partial charge in [0.2, 0.25) is 5.91 Å². The molecule has 1 amide bonds. The number of fused-ring (bicyclic) bond motifs is 1. The van der Waals surface area contributed by atoms with Gasteiger partial charge >= 0.3 is 5.97 Å². The van der Waals surface area contributed by atoms with Crippen molar-refractivity contribution in [1.29, 1.82) is 0 Å². The van der Waals surface area contributed by atoms with Gasteiger partial charge in [-0.25, -0.2) is 4.79 Å². The smallest absolute Gasteiger partial charge is 0.341 e. The lowest BCUT2D eigenvalue weighted by molar-refractivity contribution is -0.113. The van der Waals surface area contributed by atoms with Crippen LogP contribution in [0.2, 0.25) is 0 Å². The fraction of sp³-hybridized carbons (Fsp3) is 0.455. The standard InChI is InChI=1S/C22H26N4O3S3/c1-4-26-19(14-10-13(2)30-11-14)24-25-22(26)31-12-17(27)23-20-18(21(28)29-3)15-8-6-5-7-9-16(15)32-20/h10-11H,4-9,12H2,1-3H3,(H,23,27). The normalized spacial score (nSPS) is 13.5. The average Bonchev–Trinajstić information content (AvgIpc) is 3.44. The summed E-state index contributed by atoms with van der Waals surface area (Å²) >= 11 is 4.53. The topological polar surface area (TPSA) is 86.1 Å². The zero-order valence-corrected chi connectivity index (χ0v) is 20.8. The molecule has 3 aromatic heterocycles. The molecule has 3 heterocycles. The van der Waals surface area contributed by atoms with Crippen LogP contribution in [0.15, 0.2) is 16.6 Å². The number of rotatable bonds is 7. The van der Waals surface area contributed by atoms with Gasteiger partial charge in [0.15, 0.2) is 11.0 Å². The number of hydrogen-bond donors (Lipinski definition) is 1. The van der Waals surface area contributed by atoms with E-state index in [2.05, 4.69) is 33.9 Å². The highest BCUT2D eigenvalue weighted by molar-refractivity contribution is 7.99. The summed E-state index contributed by atoms with van der Waals surface area (Å²) in [7, 11) is 1.38. The van der Waals surface area contributed by atoms with Crippen LogP contribution in [0, 0.1) is 6.92 Å². The van der Waals surface area contributed by atoms with Crippen LogP contribution in [0.25, 0.3) is 11.4 Å². The van der Waals surface area contributed by atoms with Crippen LogP contribution in [0.3, 0.4) is 0 Å². The molecule has 170 valence electrons. The summed E-state index contributed by atoms with van der Waals surface area (Å²) in [6.07, 6.45) is 5.11. The predicted molar refractivity (Wildman–Crippen MR) is 130 cm³/mol. The molecule has 0 aliphatic heterocycles. The SMILES string of the molecule is CCn1c(SCC(=O)Nc2sc3c(c2C(=O)OC)CCCCC3)nnc1-c1csc(C)c1. The first-order valence-electron chi connectivity index (χ1n) is 10.7. The summed E-state index contributed by atoms with van der Waals surface area (Å²) in [4.78, 5) is 27.7. The Kier molecular flexibility index (Phi) is 7.32. The molecule has 1 aliphatic carbocycles. The van der Waals surface area contributed by atoms with E-state index < -0.39 is 0 Å². The molecule has 0 spiro atoms. The second kappa shape index (κ2) is 10.2. The number of amides is 1. The van der Waals surface area contributed by atoms with Crippen molar-refractivity contribution in [3.05, 3.63) is 32.3 Å². The average molecular weight is 491 g/mol. The lowest BCUT2D eigenvalue weighted by atomic mass is 10.1. The van der Waals surface area contributed by atoms with E-state index in [0.29, 0.717) is 22.3 Å². The Morgan fingerprint density at radius 2 is 2.06 bits per heavy atom. The van der Waals surface area contributed by atoms with Gasteiger partial charge in [-0.15, -0.1) is 32.9 Å². The molecule has 0 fully saturated rings. The van der Waals surface area contributed by atoms with Crippen molar-refractivity contribution in [3.63, 3.8) is 0 Å². The minimum absolute atomic E-state index is 0.171. The molecule has 0 bridgehead atoms. The Morgan fingerprint density at radius 3 is 2.78 bits per heavy atom. The number of ether oxygens (including phenoxy) is 1. The summed E-state index contributed by atoms with van der Waals surface area (Å²) in [5, 5.41) is 15.0. The zero-order chi connectivity index (χ0) is 22.7. The highest BCUT2D eigenvalue weighted by Crippen LogP contribution is 2.38. The van der Waals surface area contributed by atoms with Gasteiger partial charge in [-0.3, -0.25) is 4.79 Å². The molecule has 0 atom stereocenters. The summed E-state index contributed by atoms with van der Waals surface area (Å²) < 4.78 is 7.04. The van der Waals surface area contributed by atoms with E-state index in [1.54, 1.807) is 11.3 Å². The van der Waals surface area contributed by atoms with E-state index in [-0.39, 0.29) is 17.6 Å². The van der Waals surface area contributed by atoms with Crippen molar-refractivity contribution in [2.45, 2.75) is 57.7 Å². The number of carbonyl (C=O) groups excluding carboxylic acids is 2. The first-order chi connectivity index (χ1) is 15.5. The predicted octanol–water partition coefficient (Wildman–Crippen LogP) is 5.18. The maximum absolute atomic E-state index is 12.8. The van der Waals surface area contributed by atoms with E-state index in [4.69, 9.17) is 4.74 Å². The van der Waals surface area contributed by atoms with E-state index in [1.807, 2.05) is 11.5 Å². The number of hydrogen-bond acceptors (Lipinski definition) is 8. The Labute approximate surface area is 199 Å². The van der Waals surface area contributed by atoms with Gasteiger partial charge in [0, 0.05) is 27.2 Å². The lowest BCUT2D eigenvalue weighted by Gasteiger charge is -2.08. The van der Waals surface area contributed by atoms with Crippen molar-refractivity contribution < 1.29 is 14.3 Å². The molecule has 10 heteroatoms. The zero-order valence-electron chi connectivity index (χ0n) is 18.4. The number of thiophene rings is 2. The third-order valence-corrected chi connectivity index (χ3v) is 8.45. The molecule has 0 aromatic carbocycles. The van der Waals surface area contributed by atoms with Crippen molar-refractivity contribution in [2.24, 2.45) is 0 Å². The van der Waals surface area contributed by atoms with E-state index in [0.717, 1.165) is 49.1 Å². The molecule has 0 unspecified atom stereocenters. The number of aryl methyl sites for hydroxylation is 2. The van der Waals surface area contributed by atoms with Crippen molar-refractivity contribution in [2.75, 3.05) is 18.2 Å². The Bertz CT molecular complexity index is 1130. The molecule has 32 heavy (non-hydrogen) atoms. The van der Waals surface area contributed by atoms with Gasteiger partial charge in [-0.2, -0.15) is 0 Å². The largest absolute Gasteiger partial charge is 0.465 e. The summed E-state index contributed by atoms with van der Waals surface area (Å²) in [5.74, 6) is 0.447. The number of anilines is 1. The highest BCUT2D eigenvalue weighted by atomic mass is 32.2. The fourth-order valence-corrected chi connectivity index (χ4v) is 6.67. The van der Waals surface area contributed by atoms with Gasteiger partial charge in [0.25, 0.3) is 0 Å². The molecule has 4 rings (SSSR count). The number of aromatic nitrogens is 3. The van der Waals surface area contributed by atoms with E-state index in [1.165, 1.54) is 40.0 Å². The molecule has 1 aliphatic rings. The minimum Gasteiger partial charge on any atom is -0.465 e. The highest BCUT2D eigenvalue weighted by Gasteiger charge is 2.26. The lowest BCUT2D eigenvalue weighted by Crippen LogP contribution is -2.16. The second-order valence-electron chi connectivity index (χ2n) is 7.59. The van der Waals surface area contributed by atoms with Crippen LogP contribution < -0.4 is 5.32 Å². The van der Waals surface area contributed by atoms with Crippen molar-refractivity contribution >= 4 is 51.3 Å². The third kappa shape index (κ3) is 4.77. The van der Waals surface area contributed by atoms with Crippen molar-refractivity contribution in [1.82, 2.24) is 14.8 Å². The summed E-state index contributed by atoms with van der Waals surface area (Å²) in [6.45, 7) is 4.82.